The molecule has 5 nitrogen and oxygen atoms in total. The highest BCUT2D eigenvalue weighted by atomic mass is 32.2. The van der Waals surface area contributed by atoms with Crippen molar-refractivity contribution in [2.75, 3.05) is 18.6 Å². The first-order chi connectivity index (χ1) is 8.51. The van der Waals surface area contributed by atoms with Gasteiger partial charge in [0.2, 0.25) is 0 Å². The van der Waals surface area contributed by atoms with Gasteiger partial charge in [0, 0.05) is 6.54 Å². The van der Waals surface area contributed by atoms with Crippen molar-refractivity contribution >= 4 is 23.8 Å². The summed E-state index contributed by atoms with van der Waals surface area (Å²) in [6.45, 7) is 4.74. The van der Waals surface area contributed by atoms with Gasteiger partial charge in [-0.1, -0.05) is 20.3 Å². The van der Waals surface area contributed by atoms with Gasteiger partial charge in [0.25, 0.3) is 0 Å². The van der Waals surface area contributed by atoms with Gasteiger partial charge in [0.15, 0.2) is 0 Å². The molecule has 106 valence electrons. The predicted molar refractivity (Wildman–Crippen MR) is 75.0 cm³/mol. The normalized spacial score (nSPS) is 13.7. The second-order valence-electron chi connectivity index (χ2n) is 4.42. The first kappa shape index (κ1) is 17.1. The summed E-state index contributed by atoms with van der Waals surface area (Å²) < 4.78 is 0. The van der Waals surface area contributed by atoms with Crippen LogP contribution in [0.5, 0.6) is 0 Å². The summed E-state index contributed by atoms with van der Waals surface area (Å²) >= 11 is 1.56. The first-order valence-corrected chi connectivity index (χ1v) is 7.66. The maximum Gasteiger partial charge on any atom is 0.326 e. The van der Waals surface area contributed by atoms with Crippen LogP contribution < -0.4 is 10.6 Å². The smallest absolute Gasteiger partial charge is 0.326 e. The third kappa shape index (κ3) is 8.22. The van der Waals surface area contributed by atoms with Crippen molar-refractivity contribution < 1.29 is 14.7 Å². The monoisotopic (exact) mass is 276 g/mol. The third-order valence-electron chi connectivity index (χ3n) is 2.61. The van der Waals surface area contributed by atoms with Gasteiger partial charge in [-0.15, -0.1) is 0 Å². The second kappa shape index (κ2) is 10.1. The van der Waals surface area contributed by atoms with Crippen LogP contribution in [0.15, 0.2) is 0 Å². The maximum absolute atomic E-state index is 11.5. The highest BCUT2D eigenvalue weighted by molar-refractivity contribution is 7.98. The van der Waals surface area contributed by atoms with Gasteiger partial charge in [0.1, 0.15) is 6.04 Å². The molecular formula is C12H24N2O3S. The zero-order valence-corrected chi connectivity index (χ0v) is 12.2. The molecule has 2 unspecified atom stereocenters. The van der Waals surface area contributed by atoms with E-state index in [0.717, 1.165) is 12.8 Å². The Bertz CT molecular complexity index is 262. The van der Waals surface area contributed by atoms with E-state index >= 15 is 0 Å². The first-order valence-electron chi connectivity index (χ1n) is 6.27. The van der Waals surface area contributed by atoms with Crippen LogP contribution in [0.2, 0.25) is 0 Å². The number of carboxylic acids is 1. The molecule has 0 fully saturated rings. The number of thioether (sulfide) groups is 1. The number of carbonyl (C=O) groups is 2. The molecule has 0 heterocycles. The summed E-state index contributed by atoms with van der Waals surface area (Å²) in [5, 5.41) is 14.2. The van der Waals surface area contributed by atoms with E-state index in [4.69, 9.17) is 5.11 Å². The Hall–Kier alpha value is -0.910. The number of rotatable bonds is 9. The molecule has 3 N–H and O–H groups in total. The molecule has 2 atom stereocenters. The predicted octanol–water partition coefficient (Wildman–Crippen LogP) is 1.93. The number of aliphatic carboxylic acids is 1. The van der Waals surface area contributed by atoms with E-state index < -0.39 is 18.0 Å². The van der Waals surface area contributed by atoms with Crippen molar-refractivity contribution in [1.29, 1.82) is 0 Å². The van der Waals surface area contributed by atoms with Crippen molar-refractivity contribution in [2.45, 2.75) is 39.2 Å². The Labute approximate surface area is 113 Å². The molecule has 0 aromatic carbocycles. The van der Waals surface area contributed by atoms with E-state index in [1.165, 1.54) is 0 Å². The number of nitrogens with one attached hydrogen (secondary N) is 2. The molecule has 0 bridgehead atoms. The third-order valence-corrected chi connectivity index (χ3v) is 3.25. The standard InChI is InChI=1S/C12H24N2O3S/c1-4-5-9(2)8-13-12(17)14-10(11(15)16)6-7-18-3/h9-10H,4-8H2,1-3H3,(H,15,16)(H2,13,14,17). The van der Waals surface area contributed by atoms with Gasteiger partial charge in [-0.05, 0) is 30.8 Å². The van der Waals surface area contributed by atoms with Gasteiger partial charge in [-0.25, -0.2) is 9.59 Å². The highest BCUT2D eigenvalue weighted by Crippen LogP contribution is 2.03. The Morgan fingerprint density at radius 2 is 2.00 bits per heavy atom. The minimum atomic E-state index is -0.985. The van der Waals surface area contributed by atoms with Crippen LogP contribution in [-0.4, -0.2) is 41.7 Å². The summed E-state index contributed by atoms with van der Waals surface area (Å²) in [6.07, 6.45) is 4.48. The van der Waals surface area contributed by atoms with Gasteiger partial charge < -0.3 is 15.7 Å². The quantitative estimate of drug-likeness (QED) is 0.601. The topological polar surface area (TPSA) is 78.4 Å². The molecule has 2 amide bonds. The molecule has 0 aromatic heterocycles. The fourth-order valence-electron chi connectivity index (χ4n) is 1.56. The maximum atomic E-state index is 11.5. The van der Waals surface area contributed by atoms with Gasteiger partial charge in [-0.2, -0.15) is 11.8 Å². The number of amides is 2. The van der Waals surface area contributed by atoms with Crippen molar-refractivity contribution in [3.8, 4) is 0 Å². The highest BCUT2D eigenvalue weighted by Gasteiger charge is 2.19. The molecule has 0 aliphatic rings. The minimum absolute atomic E-state index is 0.397. The number of carbonyl (C=O) groups excluding carboxylic acids is 1. The summed E-state index contributed by atoms with van der Waals surface area (Å²) in [5.41, 5.74) is 0. The Morgan fingerprint density at radius 1 is 1.33 bits per heavy atom. The minimum Gasteiger partial charge on any atom is -0.480 e. The molecule has 0 rings (SSSR count). The van der Waals surface area contributed by atoms with Crippen LogP contribution in [0.4, 0.5) is 4.79 Å². The van der Waals surface area contributed by atoms with Crippen molar-refractivity contribution in [1.82, 2.24) is 10.6 Å². The van der Waals surface area contributed by atoms with Crippen molar-refractivity contribution in [3.63, 3.8) is 0 Å². The van der Waals surface area contributed by atoms with E-state index in [1.807, 2.05) is 6.26 Å². The molecule has 0 radical (unpaired) electrons. The largest absolute Gasteiger partial charge is 0.480 e. The average Bonchev–Trinajstić information content (AvgIpc) is 2.32. The Balaban J connectivity index is 3.98. The molecule has 18 heavy (non-hydrogen) atoms. The van der Waals surface area contributed by atoms with Crippen LogP contribution in [0.1, 0.15) is 33.1 Å². The SMILES string of the molecule is CCCC(C)CNC(=O)NC(CCSC)C(=O)O. The lowest BCUT2D eigenvalue weighted by atomic mass is 10.1. The van der Waals surface area contributed by atoms with Gasteiger partial charge in [-0.3, -0.25) is 0 Å². The van der Waals surface area contributed by atoms with E-state index in [9.17, 15) is 9.59 Å². The summed E-state index contributed by atoms with van der Waals surface area (Å²) in [7, 11) is 0. The molecule has 0 spiro atoms. The van der Waals surface area contributed by atoms with Crippen molar-refractivity contribution in [2.24, 2.45) is 5.92 Å². The fraction of sp³-hybridized carbons (Fsp3) is 0.833. The van der Waals surface area contributed by atoms with Crippen LogP contribution in [-0.2, 0) is 4.79 Å². The van der Waals surface area contributed by atoms with E-state index in [2.05, 4.69) is 24.5 Å². The molecule has 0 aliphatic carbocycles. The Morgan fingerprint density at radius 3 is 2.50 bits per heavy atom. The number of urea groups is 1. The van der Waals surface area contributed by atoms with E-state index in [1.54, 1.807) is 11.8 Å². The molecule has 6 heteroatoms. The number of hydrogen-bond acceptors (Lipinski definition) is 3. The van der Waals surface area contributed by atoms with Crippen LogP contribution in [0.25, 0.3) is 0 Å². The lowest BCUT2D eigenvalue weighted by Crippen LogP contribution is -2.47. The van der Waals surface area contributed by atoms with Gasteiger partial charge in [0.05, 0.1) is 0 Å². The summed E-state index contributed by atoms with van der Waals surface area (Å²) in [6, 6.07) is -1.20. The number of hydrogen-bond donors (Lipinski definition) is 3. The van der Waals surface area contributed by atoms with Gasteiger partial charge >= 0.3 is 12.0 Å². The van der Waals surface area contributed by atoms with Crippen molar-refractivity contribution in [3.05, 3.63) is 0 Å². The summed E-state index contributed by atoms with van der Waals surface area (Å²) in [4.78, 5) is 22.5. The zero-order chi connectivity index (χ0) is 14.0. The molecule has 0 saturated heterocycles. The van der Waals surface area contributed by atoms with Crippen LogP contribution in [0, 0.1) is 5.92 Å². The number of carboxylic acid groups (broad SMARTS) is 1. The zero-order valence-electron chi connectivity index (χ0n) is 11.4. The molecule has 0 aliphatic heterocycles. The summed E-state index contributed by atoms with van der Waals surface area (Å²) in [5.74, 6) is 0.139. The molecular weight excluding hydrogens is 252 g/mol. The molecule has 0 aromatic rings. The second-order valence-corrected chi connectivity index (χ2v) is 5.41. The molecule has 0 saturated carbocycles. The fourth-order valence-corrected chi connectivity index (χ4v) is 2.04. The van der Waals surface area contributed by atoms with Crippen LogP contribution in [0.3, 0.4) is 0 Å². The van der Waals surface area contributed by atoms with E-state index in [-0.39, 0.29) is 0 Å². The lowest BCUT2D eigenvalue weighted by Gasteiger charge is -2.16. The van der Waals surface area contributed by atoms with E-state index in [0.29, 0.717) is 24.6 Å². The Kier molecular flexibility index (Phi) is 9.55. The lowest BCUT2D eigenvalue weighted by molar-refractivity contribution is -0.139. The van der Waals surface area contributed by atoms with Crippen LogP contribution >= 0.6 is 11.8 Å². The average molecular weight is 276 g/mol.